The molecule has 0 bridgehead atoms. The van der Waals surface area contributed by atoms with Gasteiger partial charge in [0.2, 0.25) is 5.91 Å². The van der Waals surface area contributed by atoms with Crippen molar-refractivity contribution in [1.29, 1.82) is 0 Å². The number of hydrogen-bond donors (Lipinski definition) is 1. The summed E-state index contributed by atoms with van der Waals surface area (Å²) >= 11 is 0. The lowest BCUT2D eigenvalue weighted by atomic mass is 9.95. The zero-order chi connectivity index (χ0) is 21.1. The molecule has 2 aliphatic rings. The van der Waals surface area contributed by atoms with E-state index in [1.54, 1.807) is 0 Å². The molecule has 1 atom stereocenters. The number of amides is 1. The van der Waals surface area contributed by atoms with Gasteiger partial charge in [-0.25, -0.2) is 0 Å². The van der Waals surface area contributed by atoms with Crippen molar-refractivity contribution in [2.75, 3.05) is 13.2 Å². The van der Waals surface area contributed by atoms with Gasteiger partial charge in [-0.05, 0) is 60.1 Å². The summed E-state index contributed by atoms with van der Waals surface area (Å²) in [7, 11) is 0. The molecule has 2 aromatic rings. The fraction of sp³-hybridized carbons (Fsp3) is 0.440. The lowest BCUT2D eigenvalue weighted by Gasteiger charge is -2.25. The molecule has 5 nitrogen and oxygen atoms in total. The first-order valence-corrected chi connectivity index (χ1v) is 10.8. The zero-order valence-corrected chi connectivity index (χ0v) is 17.7. The Morgan fingerprint density at radius 3 is 2.50 bits per heavy atom. The fourth-order valence-corrected chi connectivity index (χ4v) is 4.25. The smallest absolute Gasteiger partial charge is 0.220 e. The molecule has 1 aliphatic heterocycles. The predicted molar refractivity (Wildman–Crippen MR) is 115 cm³/mol. The van der Waals surface area contributed by atoms with Crippen molar-refractivity contribution in [2.45, 2.75) is 52.0 Å². The number of nitrogens with one attached hydrogen (secondary N) is 1. The second-order valence-electron chi connectivity index (χ2n) is 8.45. The predicted octanol–water partition coefficient (Wildman–Crippen LogP) is 4.42. The molecule has 1 N–H and O–H groups in total. The van der Waals surface area contributed by atoms with E-state index in [4.69, 9.17) is 9.47 Å². The third-order valence-electron chi connectivity index (χ3n) is 5.91. The molecule has 0 spiro atoms. The van der Waals surface area contributed by atoms with Crippen molar-refractivity contribution in [3.63, 3.8) is 0 Å². The molecule has 4 rings (SSSR count). The van der Waals surface area contributed by atoms with E-state index < -0.39 is 0 Å². The molecule has 1 heterocycles. The molecule has 0 saturated heterocycles. The van der Waals surface area contributed by atoms with Crippen molar-refractivity contribution in [1.82, 2.24) is 5.32 Å². The molecule has 5 heteroatoms. The van der Waals surface area contributed by atoms with Crippen molar-refractivity contribution in [3.05, 3.63) is 58.7 Å². The molecule has 2 aromatic carbocycles. The topological polar surface area (TPSA) is 64.6 Å². The van der Waals surface area contributed by atoms with E-state index in [2.05, 4.69) is 25.2 Å². The number of Topliss-reactive ketones (excluding diaryl/α,β-unsaturated/α-hetero) is 1. The number of hydrogen-bond acceptors (Lipinski definition) is 4. The van der Waals surface area contributed by atoms with Crippen LogP contribution < -0.4 is 14.8 Å². The maximum absolute atomic E-state index is 12.6. The highest BCUT2D eigenvalue weighted by Crippen LogP contribution is 2.34. The molecular weight excluding hydrogens is 378 g/mol. The van der Waals surface area contributed by atoms with E-state index in [-0.39, 0.29) is 36.5 Å². The minimum Gasteiger partial charge on any atom is -0.486 e. The van der Waals surface area contributed by atoms with Gasteiger partial charge in [0, 0.05) is 18.4 Å². The van der Waals surface area contributed by atoms with Gasteiger partial charge in [0.1, 0.15) is 13.2 Å². The summed E-state index contributed by atoms with van der Waals surface area (Å²) in [5, 5.41) is 3.10. The van der Waals surface area contributed by atoms with Gasteiger partial charge in [-0.2, -0.15) is 0 Å². The fourth-order valence-electron chi connectivity index (χ4n) is 4.25. The summed E-state index contributed by atoms with van der Waals surface area (Å²) < 4.78 is 11.3. The molecule has 1 unspecified atom stereocenters. The normalized spacial score (nSPS) is 15.6. The Labute approximate surface area is 177 Å². The summed E-state index contributed by atoms with van der Waals surface area (Å²) in [6.45, 7) is 5.21. The second kappa shape index (κ2) is 8.90. The van der Waals surface area contributed by atoms with E-state index in [1.165, 1.54) is 11.1 Å². The highest BCUT2D eigenvalue weighted by atomic mass is 16.6. The van der Waals surface area contributed by atoms with Crippen LogP contribution >= 0.6 is 0 Å². The monoisotopic (exact) mass is 407 g/mol. The standard InChI is InChI=1S/C25H29NO4/c1-16(2)25(20-8-10-22-23(15-20)30-13-12-29-22)26-24(28)11-9-21(27)19-7-6-17-4-3-5-18(17)14-19/h6-8,10,14-16,25H,3-5,9,11-13H2,1-2H3,(H,26,28). The molecule has 0 fully saturated rings. The number of carbonyl (C=O) groups is 2. The number of carbonyl (C=O) groups excluding carboxylic acids is 2. The van der Waals surface area contributed by atoms with Gasteiger partial charge < -0.3 is 14.8 Å². The Hall–Kier alpha value is -2.82. The summed E-state index contributed by atoms with van der Waals surface area (Å²) in [5.41, 5.74) is 4.33. The zero-order valence-electron chi connectivity index (χ0n) is 17.7. The van der Waals surface area contributed by atoms with Gasteiger partial charge >= 0.3 is 0 Å². The Bertz CT molecular complexity index is 950. The van der Waals surface area contributed by atoms with Crippen LogP contribution in [0.2, 0.25) is 0 Å². The average Bonchev–Trinajstić information content (AvgIpc) is 3.23. The SMILES string of the molecule is CC(C)C(NC(=O)CCC(=O)c1ccc2c(c1)CCC2)c1ccc2c(c1)OCCO2. The Morgan fingerprint density at radius 1 is 0.933 bits per heavy atom. The third kappa shape index (κ3) is 4.50. The average molecular weight is 408 g/mol. The highest BCUT2D eigenvalue weighted by molar-refractivity contribution is 5.98. The van der Waals surface area contributed by atoms with Crippen LogP contribution in [-0.4, -0.2) is 24.9 Å². The maximum Gasteiger partial charge on any atom is 0.220 e. The van der Waals surface area contributed by atoms with Gasteiger partial charge in [-0.15, -0.1) is 0 Å². The number of ether oxygens (including phenoxy) is 2. The van der Waals surface area contributed by atoms with Crippen LogP contribution in [0.4, 0.5) is 0 Å². The molecule has 0 saturated carbocycles. The van der Waals surface area contributed by atoms with Crippen LogP contribution in [0.3, 0.4) is 0 Å². The molecule has 158 valence electrons. The van der Waals surface area contributed by atoms with E-state index in [0.29, 0.717) is 19.0 Å². The van der Waals surface area contributed by atoms with Crippen LogP contribution in [0.15, 0.2) is 36.4 Å². The van der Waals surface area contributed by atoms with Crippen molar-refractivity contribution < 1.29 is 19.1 Å². The lowest BCUT2D eigenvalue weighted by molar-refractivity contribution is -0.122. The van der Waals surface area contributed by atoms with E-state index >= 15 is 0 Å². The number of benzene rings is 2. The van der Waals surface area contributed by atoms with Crippen molar-refractivity contribution in [3.8, 4) is 11.5 Å². The summed E-state index contributed by atoms with van der Waals surface area (Å²) in [5.74, 6) is 1.56. The Morgan fingerprint density at radius 2 is 1.70 bits per heavy atom. The Kier molecular flexibility index (Phi) is 6.07. The molecular formula is C25H29NO4. The van der Waals surface area contributed by atoms with Gasteiger partial charge in [-0.1, -0.05) is 32.0 Å². The lowest BCUT2D eigenvalue weighted by Crippen LogP contribution is -2.32. The van der Waals surface area contributed by atoms with Crippen LogP contribution in [0.5, 0.6) is 11.5 Å². The maximum atomic E-state index is 12.6. The van der Waals surface area contributed by atoms with Crippen LogP contribution in [0.25, 0.3) is 0 Å². The van der Waals surface area contributed by atoms with Gasteiger partial charge in [0.05, 0.1) is 6.04 Å². The summed E-state index contributed by atoms with van der Waals surface area (Å²) in [4.78, 5) is 25.2. The van der Waals surface area contributed by atoms with Gasteiger partial charge in [0.25, 0.3) is 0 Å². The van der Waals surface area contributed by atoms with Crippen LogP contribution in [0, 0.1) is 5.92 Å². The van der Waals surface area contributed by atoms with Gasteiger partial charge in [-0.3, -0.25) is 9.59 Å². The highest BCUT2D eigenvalue weighted by Gasteiger charge is 2.22. The molecule has 1 amide bonds. The first kappa shape index (κ1) is 20.5. The van der Waals surface area contributed by atoms with E-state index in [9.17, 15) is 9.59 Å². The summed E-state index contributed by atoms with van der Waals surface area (Å²) in [6.07, 6.45) is 3.71. The van der Waals surface area contributed by atoms with E-state index in [1.807, 2.05) is 30.3 Å². The minimum absolute atomic E-state index is 0.0280. The first-order valence-electron chi connectivity index (χ1n) is 10.8. The third-order valence-corrected chi connectivity index (χ3v) is 5.91. The van der Waals surface area contributed by atoms with Crippen LogP contribution in [0.1, 0.15) is 66.2 Å². The number of ketones is 1. The number of fused-ring (bicyclic) bond motifs is 2. The quantitative estimate of drug-likeness (QED) is 0.690. The molecule has 30 heavy (non-hydrogen) atoms. The second-order valence-corrected chi connectivity index (χ2v) is 8.45. The van der Waals surface area contributed by atoms with Crippen molar-refractivity contribution in [2.24, 2.45) is 5.92 Å². The molecule has 0 radical (unpaired) electrons. The molecule has 1 aliphatic carbocycles. The van der Waals surface area contributed by atoms with Gasteiger partial charge in [0.15, 0.2) is 17.3 Å². The number of aryl methyl sites for hydroxylation is 2. The largest absolute Gasteiger partial charge is 0.486 e. The first-order chi connectivity index (χ1) is 14.5. The van der Waals surface area contributed by atoms with E-state index in [0.717, 1.165) is 36.1 Å². The minimum atomic E-state index is -0.150. The molecule has 0 aromatic heterocycles. The van der Waals surface area contributed by atoms with Crippen molar-refractivity contribution >= 4 is 11.7 Å². The Balaban J connectivity index is 1.37. The summed E-state index contributed by atoms with van der Waals surface area (Å²) in [6, 6.07) is 11.6. The van der Waals surface area contributed by atoms with Crippen LogP contribution in [-0.2, 0) is 17.6 Å². The number of rotatable bonds is 7.